The number of benzene rings is 2. The van der Waals surface area contributed by atoms with Crippen LogP contribution in [0, 0.1) is 0 Å². The number of sulfonamides is 1. The van der Waals surface area contributed by atoms with Gasteiger partial charge in [-0.2, -0.15) is 13.2 Å². The summed E-state index contributed by atoms with van der Waals surface area (Å²) in [7, 11) is -3.61. The van der Waals surface area contributed by atoms with E-state index in [1.54, 1.807) is 0 Å². The number of hydrogen-bond donors (Lipinski definition) is 2. The number of carbonyl (C=O) groups excluding carboxylic acids is 1. The van der Waals surface area contributed by atoms with E-state index in [0.29, 0.717) is 6.07 Å². The van der Waals surface area contributed by atoms with Crippen LogP contribution in [-0.4, -0.2) is 20.6 Å². The van der Waals surface area contributed by atoms with Crippen molar-refractivity contribution in [3.05, 3.63) is 57.6 Å². The number of halogens is 5. The van der Waals surface area contributed by atoms with Crippen molar-refractivity contribution >= 4 is 50.5 Å². The Balaban J connectivity index is 2.38. The molecular formula is C15H11Cl2F3N2O3S. The van der Waals surface area contributed by atoms with Crippen molar-refractivity contribution in [3.63, 3.8) is 0 Å². The fourth-order valence-electron chi connectivity index (χ4n) is 2.03. The van der Waals surface area contributed by atoms with E-state index in [9.17, 15) is 26.4 Å². The van der Waals surface area contributed by atoms with Gasteiger partial charge in [-0.1, -0.05) is 23.2 Å². The highest BCUT2D eigenvalue weighted by Crippen LogP contribution is 2.37. The van der Waals surface area contributed by atoms with Crippen LogP contribution in [0.5, 0.6) is 0 Å². The zero-order valence-electron chi connectivity index (χ0n) is 13.0. The van der Waals surface area contributed by atoms with Crippen LogP contribution in [0.1, 0.15) is 15.9 Å². The monoisotopic (exact) mass is 426 g/mol. The standard InChI is InChI=1S/C15H11Cl2F3N2O3S/c1-26(24,25)22-9-3-4-12(17)10(7-9)14(23)21-13-5-2-8(16)6-11(13)15(18,19)20/h2-7,22H,1H3,(H,21,23). The van der Waals surface area contributed by atoms with Gasteiger partial charge in [0.25, 0.3) is 5.91 Å². The Morgan fingerprint density at radius 3 is 2.31 bits per heavy atom. The first kappa shape index (κ1) is 20.3. The molecule has 2 rings (SSSR count). The van der Waals surface area contributed by atoms with Gasteiger partial charge >= 0.3 is 6.18 Å². The maximum Gasteiger partial charge on any atom is 0.418 e. The van der Waals surface area contributed by atoms with Crippen molar-refractivity contribution in [1.29, 1.82) is 0 Å². The highest BCUT2D eigenvalue weighted by Gasteiger charge is 2.34. The fourth-order valence-corrected chi connectivity index (χ4v) is 2.96. The number of rotatable bonds is 4. The van der Waals surface area contributed by atoms with E-state index < -0.39 is 33.4 Å². The molecular weight excluding hydrogens is 416 g/mol. The highest BCUT2D eigenvalue weighted by molar-refractivity contribution is 7.92. The SMILES string of the molecule is CS(=O)(=O)Nc1ccc(Cl)c(C(=O)Nc2ccc(Cl)cc2C(F)(F)F)c1. The smallest absolute Gasteiger partial charge is 0.321 e. The normalized spacial score (nSPS) is 11.9. The molecule has 0 spiro atoms. The van der Waals surface area contributed by atoms with Crippen molar-refractivity contribution in [2.24, 2.45) is 0 Å². The van der Waals surface area contributed by atoms with Crippen LogP contribution < -0.4 is 10.0 Å². The Bertz CT molecular complexity index is 963. The Labute approximate surface area is 157 Å². The molecule has 2 aromatic rings. The predicted octanol–water partition coefficient (Wildman–Crippen LogP) is 4.64. The molecule has 0 saturated carbocycles. The average Bonchev–Trinajstić information content (AvgIpc) is 2.48. The van der Waals surface area contributed by atoms with Gasteiger partial charge in [-0.3, -0.25) is 9.52 Å². The van der Waals surface area contributed by atoms with Gasteiger partial charge in [-0.25, -0.2) is 8.42 Å². The van der Waals surface area contributed by atoms with Crippen LogP contribution in [0.15, 0.2) is 36.4 Å². The molecule has 2 aromatic carbocycles. The second-order valence-corrected chi connectivity index (χ2v) is 7.80. The van der Waals surface area contributed by atoms with Gasteiger partial charge in [-0.15, -0.1) is 0 Å². The molecule has 0 aliphatic carbocycles. The van der Waals surface area contributed by atoms with Crippen molar-refractivity contribution in [2.75, 3.05) is 16.3 Å². The Hall–Kier alpha value is -1.97. The lowest BCUT2D eigenvalue weighted by Gasteiger charge is -2.15. The van der Waals surface area contributed by atoms with Gasteiger partial charge in [0.15, 0.2) is 0 Å². The summed E-state index contributed by atoms with van der Waals surface area (Å²) in [5.74, 6) is -0.944. The van der Waals surface area contributed by atoms with E-state index in [-0.39, 0.29) is 21.3 Å². The molecule has 0 aromatic heterocycles. The number of amides is 1. The zero-order valence-corrected chi connectivity index (χ0v) is 15.3. The minimum absolute atomic E-state index is 0.0363. The summed E-state index contributed by atoms with van der Waals surface area (Å²) in [5, 5.41) is 1.90. The Morgan fingerprint density at radius 1 is 1.08 bits per heavy atom. The van der Waals surface area contributed by atoms with Gasteiger partial charge in [0.05, 0.1) is 28.1 Å². The van der Waals surface area contributed by atoms with E-state index in [1.807, 2.05) is 0 Å². The van der Waals surface area contributed by atoms with Crippen LogP contribution in [0.2, 0.25) is 10.0 Å². The molecule has 0 unspecified atom stereocenters. The molecule has 0 saturated heterocycles. The molecule has 2 N–H and O–H groups in total. The fraction of sp³-hybridized carbons (Fsp3) is 0.133. The van der Waals surface area contributed by atoms with E-state index in [4.69, 9.17) is 23.2 Å². The summed E-state index contributed by atoms with van der Waals surface area (Å²) >= 11 is 11.5. The first-order valence-corrected chi connectivity index (χ1v) is 9.47. The van der Waals surface area contributed by atoms with Crippen molar-refractivity contribution in [1.82, 2.24) is 0 Å². The molecule has 0 atom stereocenters. The third-order valence-corrected chi connectivity index (χ3v) is 4.22. The summed E-state index contributed by atoms with van der Waals surface area (Å²) in [6.07, 6.45) is -3.83. The largest absolute Gasteiger partial charge is 0.418 e. The van der Waals surface area contributed by atoms with Gasteiger partial charge in [0.2, 0.25) is 10.0 Å². The second-order valence-electron chi connectivity index (χ2n) is 5.21. The summed E-state index contributed by atoms with van der Waals surface area (Å²) < 4.78 is 64.0. The number of anilines is 2. The van der Waals surface area contributed by atoms with Crippen LogP contribution in [0.3, 0.4) is 0 Å². The molecule has 5 nitrogen and oxygen atoms in total. The maximum atomic E-state index is 13.1. The van der Waals surface area contributed by atoms with E-state index in [0.717, 1.165) is 18.4 Å². The molecule has 26 heavy (non-hydrogen) atoms. The topological polar surface area (TPSA) is 75.3 Å². The summed E-state index contributed by atoms with van der Waals surface area (Å²) in [6.45, 7) is 0. The lowest BCUT2D eigenvalue weighted by atomic mass is 10.1. The third kappa shape index (κ3) is 5.26. The van der Waals surface area contributed by atoms with E-state index in [2.05, 4.69) is 10.0 Å². The third-order valence-electron chi connectivity index (χ3n) is 3.05. The number of nitrogens with one attached hydrogen (secondary N) is 2. The van der Waals surface area contributed by atoms with Gasteiger partial charge < -0.3 is 5.32 Å². The Morgan fingerprint density at radius 2 is 1.73 bits per heavy atom. The second kappa shape index (κ2) is 7.34. The Kier molecular flexibility index (Phi) is 5.74. The van der Waals surface area contributed by atoms with Crippen molar-refractivity contribution in [3.8, 4) is 0 Å². The van der Waals surface area contributed by atoms with Crippen LogP contribution in [-0.2, 0) is 16.2 Å². The van der Waals surface area contributed by atoms with Gasteiger partial charge in [-0.05, 0) is 36.4 Å². The highest BCUT2D eigenvalue weighted by atomic mass is 35.5. The lowest BCUT2D eigenvalue weighted by molar-refractivity contribution is -0.136. The van der Waals surface area contributed by atoms with Gasteiger partial charge in [0, 0.05) is 10.7 Å². The van der Waals surface area contributed by atoms with Gasteiger partial charge in [0.1, 0.15) is 0 Å². The minimum Gasteiger partial charge on any atom is -0.321 e. The summed E-state index contributed by atoms with van der Waals surface area (Å²) in [5.41, 5.74) is -1.80. The van der Waals surface area contributed by atoms with Crippen molar-refractivity contribution < 1.29 is 26.4 Å². The first-order valence-electron chi connectivity index (χ1n) is 6.82. The van der Waals surface area contributed by atoms with E-state index in [1.165, 1.54) is 18.2 Å². The first-order chi connectivity index (χ1) is 11.9. The molecule has 0 aliphatic rings. The maximum absolute atomic E-state index is 13.1. The molecule has 140 valence electrons. The zero-order chi connectivity index (χ0) is 19.7. The molecule has 0 bridgehead atoms. The summed E-state index contributed by atoms with van der Waals surface area (Å²) in [4.78, 5) is 12.3. The molecule has 11 heteroatoms. The molecule has 0 fully saturated rings. The molecule has 0 radical (unpaired) electrons. The van der Waals surface area contributed by atoms with E-state index >= 15 is 0 Å². The van der Waals surface area contributed by atoms with Crippen LogP contribution >= 0.6 is 23.2 Å². The summed E-state index contributed by atoms with van der Waals surface area (Å²) in [6, 6.07) is 6.55. The lowest BCUT2D eigenvalue weighted by Crippen LogP contribution is -2.17. The molecule has 1 amide bonds. The number of alkyl halides is 3. The van der Waals surface area contributed by atoms with Crippen LogP contribution in [0.25, 0.3) is 0 Å². The predicted molar refractivity (Wildman–Crippen MR) is 94.3 cm³/mol. The molecule has 0 aliphatic heterocycles. The van der Waals surface area contributed by atoms with Crippen LogP contribution in [0.4, 0.5) is 24.5 Å². The molecule has 0 heterocycles. The minimum atomic E-state index is -4.74. The quantitative estimate of drug-likeness (QED) is 0.747. The number of hydrogen-bond acceptors (Lipinski definition) is 3. The van der Waals surface area contributed by atoms with Crippen molar-refractivity contribution in [2.45, 2.75) is 6.18 Å². The number of carbonyl (C=O) groups is 1. The average molecular weight is 427 g/mol.